The number of hydrogen-bond donors (Lipinski definition) is 1. The molecule has 5 rings (SSSR count). The molecule has 2 aromatic carbocycles. The molecule has 7 heteroatoms. The van der Waals surface area contributed by atoms with Gasteiger partial charge in [0.25, 0.3) is 12.3 Å². The number of carbonyl (C=O) groups is 2. The number of hydrogen-bond acceptors (Lipinski definition) is 5. The Morgan fingerprint density at radius 1 is 1.05 bits per heavy atom. The van der Waals surface area contributed by atoms with Crippen molar-refractivity contribution < 1.29 is 24.0 Å². The predicted molar refractivity (Wildman–Crippen MR) is 142 cm³/mol. The Balaban J connectivity index is 1.48. The van der Waals surface area contributed by atoms with Gasteiger partial charge in [0.2, 0.25) is 0 Å². The largest absolute Gasteiger partial charge is 0.546 e. The van der Waals surface area contributed by atoms with Gasteiger partial charge < -0.3 is 19.5 Å². The second-order valence-corrected chi connectivity index (χ2v) is 11.3. The number of aromatic amines is 1. The first-order valence-corrected chi connectivity index (χ1v) is 12.7. The van der Waals surface area contributed by atoms with E-state index in [-0.39, 0.29) is 17.4 Å². The number of H-pyrrole nitrogens is 1. The first kappa shape index (κ1) is 24.8. The highest BCUT2D eigenvalue weighted by atomic mass is 16.5. The molecule has 0 bridgehead atoms. The Morgan fingerprint density at radius 3 is 2.32 bits per heavy atom. The van der Waals surface area contributed by atoms with E-state index in [9.17, 15) is 14.7 Å². The molecule has 0 radical (unpaired) electrons. The number of ether oxygens (including phenoxy) is 1. The number of nitrogens with one attached hydrogen (secondary N) is 1. The number of fused-ring (bicyclic) bond motifs is 1. The zero-order valence-electron chi connectivity index (χ0n) is 21.8. The summed E-state index contributed by atoms with van der Waals surface area (Å²) in [7, 11) is 0. The van der Waals surface area contributed by atoms with E-state index in [1.54, 1.807) is 22.8 Å². The van der Waals surface area contributed by atoms with Crippen LogP contribution >= 0.6 is 0 Å². The minimum Gasteiger partial charge on any atom is -0.546 e. The topological polar surface area (TPSA) is 89.3 Å². The second-order valence-electron chi connectivity index (χ2n) is 11.3. The molecule has 37 heavy (non-hydrogen) atoms. The third-order valence-corrected chi connectivity index (χ3v) is 7.86. The SMILES string of the molecule is CC1(C)CCN2CCC(C)(C)c3cc(/C=C/C=C/c4[nH]c5cc(OC=O)ccc5[n+]4CC(=O)[O-])cc1c32. The van der Waals surface area contributed by atoms with Gasteiger partial charge in [0.05, 0.1) is 5.97 Å². The highest BCUT2D eigenvalue weighted by Gasteiger charge is 2.39. The molecule has 0 unspecified atom stereocenters. The van der Waals surface area contributed by atoms with E-state index in [4.69, 9.17) is 4.74 Å². The summed E-state index contributed by atoms with van der Waals surface area (Å²) in [6, 6.07) is 9.64. The zero-order valence-corrected chi connectivity index (χ0v) is 21.8. The number of aromatic nitrogens is 2. The molecule has 1 aromatic heterocycles. The van der Waals surface area contributed by atoms with E-state index < -0.39 is 5.97 Å². The number of nitrogens with zero attached hydrogens (tertiary/aromatic N) is 2. The number of rotatable bonds is 7. The minimum absolute atomic E-state index is 0.126. The van der Waals surface area contributed by atoms with Gasteiger partial charge in [0, 0.05) is 30.9 Å². The highest BCUT2D eigenvalue weighted by Crippen LogP contribution is 2.49. The molecule has 0 amide bonds. The Morgan fingerprint density at radius 2 is 1.70 bits per heavy atom. The van der Waals surface area contributed by atoms with E-state index in [1.165, 1.54) is 22.4 Å². The van der Waals surface area contributed by atoms with E-state index in [1.807, 2.05) is 18.2 Å². The maximum absolute atomic E-state index is 11.4. The molecule has 0 saturated carbocycles. The number of aliphatic carboxylic acids is 1. The smallest absolute Gasteiger partial charge is 0.298 e. The van der Waals surface area contributed by atoms with Gasteiger partial charge in [0.1, 0.15) is 12.3 Å². The fourth-order valence-corrected chi connectivity index (χ4v) is 5.62. The average molecular weight is 500 g/mol. The van der Waals surface area contributed by atoms with Crippen LogP contribution in [0.4, 0.5) is 5.69 Å². The molecule has 3 aromatic rings. The molecule has 2 aliphatic rings. The summed E-state index contributed by atoms with van der Waals surface area (Å²) in [5, 5.41) is 11.4. The lowest BCUT2D eigenvalue weighted by Crippen LogP contribution is -2.45. The monoisotopic (exact) mass is 499 g/mol. The molecular weight excluding hydrogens is 466 g/mol. The summed E-state index contributed by atoms with van der Waals surface area (Å²) >= 11 is 0. The van der Waals surface area contributed by atoms with Gasteiger partial charge in [-0.05, 0) is 64.6 Å². The Labute approximate surface area is 217 Å². The molecule has 2 aliphatic heterocycles. The molecule has 7 nitrogen and oxygen atoms in total. The van der Waals surface area contributed by atoms with E-state index in [0.717, 1.165) is 25.9 Å². The molecule has 0 atom stereocenters. The summed E-state index contributed by atoms with van der Waals surface area (Å²) in [6.07, 6.45) is 10.1. The summed E-state index contributed by atoms with van der Waals surface area (Å²) in [6.45, 7) is 11.6. The van der Waals surface area contributed by atoms with Crippen molar-refractivity contribution in [3.05, 3.63) is 65.0 Å². The van der Waals surface area contributed by atoms with Crippen LogP contribution in [-0.2, 0) is 27.0 Å². The van der Waals surface area contributed by atoms with Gasteiger partial charge >= 0.3 is 0 Å². The summed E-state index contributed by atoms with van der Waals surface area (Å²) in [5.74, 6) is -0.210. The van der Waals surface area contributed by atoms with Crippen molar-refractivity contribution in [3.8, 4) is 5.75 Å². The van der Waals surface area contributed by atoms with Crippen molar-refractivity contribution in [1.82, 2.24) is 4.98 Å². The van der Waals surface area contributed by atoms with Gasteiger partial charge in [-0.2, -0.15) is 0 Å². The third kappa shape index (κ3) is 4.66. The lowest BCUT2D eigenvalue weighted by atomic mass is 9.69. The molecule has 0 aliphatic carbocycles. The molecule has 0 fully saturated rings. The highest BCUT2D eigenvalue weighted by molar-refractivity contribution is 5.76. The third-order valence-electron chi connectivity index (χ3n) is 7.86. The van der Waals surface area contributed by atoms with Crippen LogP contribution in [0.1, 0.15) is 63.1 Å². The predicted octanol–water partition coefficient (Wildman–Crippen LogP) is 3.64. The summed E-state index contributed by atoms with van der Waals surface area (Å²) in [4.78, 5) is 27.9. The molecule has 3 heterocycles. The van der Waals surface area contributed by atoms with E-state index in [0.29, 0.717) is 29.1 Å². The van der Waals surface area contributed by atoms with Crippen molar-refractivity contribution >= 4 is 41.3 Å². The molecule has 0 spiro atoms. The van der Waals surface area contributed by atoms with Crippen LogP contribution in [0.3, 0.4) is 0 Å². The lowest BCUT2D eigenvalue weighted by molar-refractivity contribution is -0.667. The molecule has 0 saturated heterocycles. The number of allylic oxidation sites excluding steroid dienone is 2. The summed E-state index contributed by atoms with van der Waals surface area (Å²) in [5.41, 5.74) is 7.02. The number of anilines is 1. The van der Waals surface area contributed by atoms with Crippen LogP contribution in [0, 0.1) is 0 Å². The van der Waals surface area contributed by atoms with Crippen LogP contribution in [0.15, 0.2) is 42.5 Å². The lowest BCUT2D eigenvalue weighted by Gasteiger charge is -2.48. The van der Waals surface area contributed by atoms with Crippen molar-refractivity contribution in [1.29, 1.82) is 0 Å². The van der Waals surface area contributed by atoms with Gasteiger partial charge in [-0.3, -0.25) is 4.79 Å². The normalized spacial score (nSPS) is 17.9. The standard InChI is InChI=1S/C30H33N3O4/c1-29(2)11-13-32-14-12-30(3,4)23-16-20(15-22(29)28(23)32)7-5-6-8-26-31-24-17-21(37-19-34)9-10-25(24)33(26)18-27(35)36/h5-10,15-17,19H,11-14,18H2,1-4H3,(H,35,36)/b7-5+,8-6+. The first-order chi connectivity index (χ1) is 17.6. The number of benzene rings is 2. The number of carboxylic acid groups (broad SMARTS) is 1. The number of carboxylic acids is 1. The summed E-state index contributed by atoms with van der Waals surface area (Å²) < 4.78 is 6.55. The molecule has 192 valence electrons. The maximum Gasteiger partial charge on any atom is 0.298 e. The molecule has 1 N–H and O–H groups in total. The van der Waals surface area contributed by atoms with Crippen molar-refractivity contribution in [2.24, 2.45) is 0 Å². The van der Waals surface area contributed by atoms with Crippen LogP contribution in [0.2, 0.25) is 0 Å². The number of imidazole rings is 1. The van der Waals surface area contributed by atoms with Crippen molar-refractivity contribution in [2.75, 3.05) is 18.0 Å². The van der Waals surface area contributed by atoms with E-state index in [2.05, 4.69) is 55.8 Å². The fourth-order valence-electron chi connectivity index (χ4n) is 5.62. The van der Waals surface area contributed by atoms with E-state index >= 15 is 0 Å². The Kier molecular flexibility index (Phi) is 6.18. The average Bonchev–Trinajstić information content (AvgIpc) is 3.16. The second kappa shape index (κ2) is 9.21. The quantitative estimate of drug-likeness (QED) is 0.305. The zero-order chi connectivity index (χ0) is 26.4. The van der Waals surface area contributed by atoms with Gasteiger partial charge in [-0.15, -0.1) is 0 Å². The number of carbonyl (C=O) groups excluding carboxylic acids is 2. The van der Waals surface area contributed by atoms with Gasteiger partial charge in [-0.1, -0.05) is 45.9 Å². The first-order valence-electron chi connectivity index (χ1n) is 12.7. The maximum atomic E-state index is 11.4. The van der Waals surface area contributed by atoms with Crippen molar-refractivity contribution in [3.63, 3.8) is 0 Å². The van der Waals surface area contributed by atoms with Gasteiger partial charge in [-0.25, -0.2) is 9.55 Å². The Bertz CT molecular complexity index is 1400. The fraction of sp³-hybridized carbons (Fsp3) is 0.367. The minimum atomic E-state index is -1.19. The van der Waals surface area contributed by atoms with Crippen LogP contribution in [0.5, 0.6) is 5.75 Å². The van der Waals surface area contributed by atoms with Crippen molar-refractivity contribution in [2.45, 2.75) is 57.9 Å². The van der Waals surface area contributed by atoms with Crippen LogP contribution < -0.4 is 19.3 Å². The molecular formula is C30H33N3O4. The Hall–Kier alpha value is -3.87. The van der Waals surface area contributed by atoms with Crippen LogP contribution in [-0.4, -0.2) is 30.5 Å². The van der Waals surface area contributed by atoms with Gasteiger partial charge in [0.15, 0.2) is 11.0 Å². The van der Waals surface area contributed by atoms with Crippen LogP contribution in [0.25, 0.3) is 23.2 Å².